The highest BCUT2D eigenvalue weighted by Gasteiger charge is 2.39. The monoisotopic (exact) mass is 347 g/mol. The summed E-state index contributed by atoms with van der Waals surface area (Å²) in [6.07, 6.45) is 10.3. The van der Waals surface area contributed by atoms with Crippen LogP contribution in [-0.2, 0) is 16.6 Å². The van der Waals surface area contributed by atoms with Crippen molar-refractivity contribution in [1.29, 1.82) is 0 Å². The van der Waals surface area contributed by atoms with Gasteiger partial charge in [-0.15, -0.1) is 0 Å². The van der Waals surface area contributed by atoms with Crippen molar-refractivity contribution < 1.29 is 4.21 Å². The normalized spacial score (nSPS) is 26.7. The lowest BCUT2D eigenvalue weighted by molar-refractivity contribution is 0.323. The Balaban J connectivity index is 0.00000100. The van der Waals surface area contributed by atoms with Crippen LogP contribution in [0.4, 0.5) is 0 Å². The summed E-state index contributed by atoms with van der Waals surface area (Å²) in [7, 11) is 0.998. The molecule has 1 aromatic heterocycles. The van der Waals surface area contributed by atoms with E-state index in [9.17, 15) is 4.21 Å². The largest absolute Gasteiger partial charge is 0.283 e. The van der Waals surface area contributed by atoms with Crippen molar-refractivity contribution in [2.24, 2.45) is 0 Å². The highest BCUT2D eigenvalue weighted by Crippen LogP contribution is 2.24. The molecule has 0 bridgehead atoms. The predicted octanol–water partition coefficient (Wildman–Crippen LogP) is 2.96. The summed E-state index contributed by atoms with van der Waals surface area (Å²) in [5.41, 5.74) is 4.40. The second-order valence-electron chi connectivity index (χ2n) is 6.13. The van der Waals surface area contributed by atoms with E-state index >= 15 is 0 Å². The Kier molecular flexibility index (Phi) is 6.49. The molecule has 0 amide bonds. The second-order valence-corrected chi connectivity index (χ2v) is 7.63. The zero-order valence-electron chi connectivity index (χ0n) is 15.5. The first-order valence-corrected chi connectivity index (χ1v) is 9.99. The second kappa shape index (κ2) is 8.19. The van der Waals surface area contributed by atoms with Gasteiger partial charge in [-0.05, 0) is 44.5 Å². The van der Waals surface area contributed by atoms with Crippen LogP contribution in [-0.4, -0.2) is 38.7 Å². The van der Waals surface area contributed by atoms with Crippen LogP contribution in [0, 0.1) is 20.8 Å². The van der Waals surface area contributed by atoms with E-state index in [4.69, 9.17) is 0 Å². The topological polar surface area (TPSA) is 45.2 Å². The Labute approximate surface area is 148 Å². The van der Waals surface area contributed by atoms with Gasteiger partial charge in [-0.1, -0.05) is 38.2 Å². The molecule has 0 aromatic carbocycles. The number of hydrogen-bond acceptors (Lipinski definition) is 4. The molecular weight excluding hydrogens is 318 g/mol. The van der Waals surface area contributed by atoms with Crippen molar-refractivity contribution in [1.82, 2.24) is 15.2 Å². The van der Waals surface area contributed by atoms with Gasteiger partial charge in [-0.25, -0.2) is 0 Å². The lowest BCUT2D eigenvalue weighted by Crippen LogP contribution is -2.39. The predicted molar refractivity (Wildman–Crippen MR) is 102 cm³/mol. The fraction of sp³-hybridized carbons (Fsp3) is 0.526. The molecule has 4 unspecified atom stereocenters. The number of fused-ring (bicyclic) bond motifs is 1. The molecule has 0 spiro atoms. The van der Waals surface area contributed by atoms with E-state index in [0.717, 1.165) is 11.3 Å². The third kappa shape index (κ3) is 3.68. The van der Waals surface area contributed by atoms with Crippen molar-refractivity contribution in [3.8, 4) is 0 Å². The number of pyridine rings is 1. The van der Waals surface area contributed by atoms with Crippen LogP contribution in [0.15, 0.2) is 30.5 Å². The third-order valence-corrected chi connectivity index (χ3v) is 6.33. The summed E-state index contributed by atoms with van der Waals surface area (Å²) in [5, 5.41) is 3.47. The molecule has 0 saturated carbocycles. The molecule has 1 fully saturated rings. The molecule has 2 aliphatic rings. The van der Waals surface area contributed by atoms with Crippen molar-refractivity contribution in [2.45, 2.75) is 58.0 Å². The summed E-state index contributed by atoms with van der Waals surface area (Å²) in [4.78, 5) is 6.66. The van der Waals surface area contributed by atoms with Crippen LogP contribution >= 0.6 is 0 Å². The van der Waals surface area contributed by atoms with Crippen molar-refractivity contribution >= 4 is 10.8 Å². The number of aromatic nitrogens is 1. The minimum atomic E-state index is -1.03. The first kappa shape index (κ1) is 19.0. The van der Waals surface area contributed by atoms with E-state index in [2.05, 4.69) is 54.2 Å². The van der Waals surface area contributed by atoms with Gasteiger partial charge in [0.15, 0.2) is 0 Å². The number of rotatable bonds is 3. The zero-order chi connectivity index (χ0) is 17.9. The highest BCUT2D eigenvalue weighted by molar-refractivity contribution is 7.84. The lowest BCUT2D eigenvalue weighted by Gasteiger charge is -2.23. The average molecular weight is 348 g/mol. The molecule has 1 aromatic rings. The summed E-state index contributed by atoms with van der Waals surface area (Å²) in [6, 6.07) is 0.533. The summed E-state index contributed by atoms with van der Waals surface area (Å²) >= 11 is 0. The summed E-state index contributed by atoms with van der Waals surface area (Å²) < 4.78 is 12.8. The minimum absolute atomic E-state index is 0.134. The number of nitrogens with one attached hydrogen (secondary N) is 1. The standard InChI is InChI=1S/C17H23N3OS.C2H6/c1-11-9-18-15(13(3)12(11)2)10-22(21)17-19-14-7-5-6-8-16(14)20(17)4;1-2/h5-9,14,16-17,19H,10H2,1-4H3;1-2H3. The van der Waals surface area contributed by atoms with Crippen LogP contribution < -0.4 is 5.32 Å². The molecule has 1 N–H and O–H groups in total. The molecule has 4 nitrogen and oxygen atoms in total. The molecule has 1 saturated heterocycles. The van der Waals surface area contributed by atoms with Crippen LogP contribution in [0.25, 0.3) is 0 Å². The Morgan fingerprint density at radius 2 is 1.83 bits per heavy atom. The lowest BCUT2D eigenvalue weighted by atomic mass is 10.0. The summed E-state index contributed by atoms with van der Waals surface area (Å²) in [5.74, 6) is 0.488. The quantitative estimate of drug-likeness (QED) is 0.913. The molecule has 5 heteroatoms. The molecule has 2 heterocycles. The van der Waals surface area contributed by atoms with E-state index in [0.29, 0.717) is 5.75 Å². The van der Waals surface area contributed by atoms with Gasteiger partial charge >= 0.3 is 0 Å². The zero-order valence-corrected chi connectivity index (χ0v) is 16.4. The van der Waals surface area contributed by atoms with Crippen LogP contribution in [0.2, 0.25) is 0 Å². The molecule has 1 aliphatic carbocycles. The first-order valence-electron chi connectivity index (χ1n) is 8.61. The molecule has 1 aliphatic heterocycles. The Hall–Kier alpha value is -1.30. The van der Waals surface area contributed by atoms with Crippen molar-refractivity contribution in [3.63, 3.8) is 0 Å². The maximum atomic E-state index is 12.8. The smallest absolute Gasteiger partial charge is 0.139 e. The van der Waals surface area contributed by atoms with Gasteiger partial charge in [0.1, 0.15) is 5.50 Å². The number of allylic oxidation sites excluding steroid dienone is 2. The van der Waals surface area contributed by atoms with Gasteiger partial charge in [0.2, 0.25) is 0 Å². The molecular formula is C19H29N3OS. The van der Waals surface area contributed by atoms with E-state index in [1.54, 1.807) is 0 Å². The van der Waals surface area contributed by atoms with Gasteiger partial charge in [-0.2, -0.15) is 0 Å². The molecule has 0 radical (unpaired) electrons. The molecule has 3 rings (SSSR count). The minimum Gasteiger partial charge on any atom is -0.283 e. The van der Waals surface area contributed by atoms with Gasteiger partial charge in [-0.3, -0.25) is 19.4 Å². The van der Waals surface area contributed by atoms with Crippen LogP contribution in [0.5, 0.6) is 0 Å². The van der Waals surface area contributed by atoms with E-state index in [1.165, 1.54) is 11.1 Å². The third-order valence-electron chi connectivity index (χ3n) is 4.81. The van der Waals surface area contributed by atoms with Gasteiger partial charge < -0.3 is 0 Å². The Morgan fingerprint density at radius 3 is 2.50 bits per heavy atom. The summed E-state index contributed by atoms with van der Waals surface area (Å²) in [6.45, 7) is 10.2. The first-order chi connectivity index (χ1) is 11.5. The fourth-order valence-corrected chi connectivity index (χ4v) is 4.62. The number of nitrogens with zero attached hydrogens (tertiary/aromatic N) is 2. The van der Waals surface area contributed by atoms with Crippen molar-refractivity contribution in [2.75, 3.05) is 7.05 Å². The maximum Gasteiger partial charge on any atom is 0.139 e. The maximum absolute atomic E-state index is 12.8. The SMILES string of the molecule is CC.Cc1cnc(CS(=O)C2NC3C=CC=CC3N2C)c(C)c1C. The number of aryl methyl sites for hydroxylation is 1. The van der Waals surface area contributed by atoms with E-state index in [1.807, 2.05) is 33.2 Å². The highest BCUT2D eigenvalue weighted by atomic mass is 32.2. The molecule has 132 valence electrons. The van der Waals surface area contributed by atoms with Gasteiger partial charge in [0, 0.05) is 18.3 Å². The number of likely N-dealkylation sites (N-methyl/N-ethyl adjacent to an activating group) is 1. The van der Waals surface area contributed by atoms with E-state index in [-0.39, 0.29) is 17.6 Å². The molecule has 4 atom stereocenters. The van der Waals surface area contributed by atoms with Gasteiger partial charge in [0.25, 0.3) is 0 Å². The average Bonchev–Trinajstić information content (AvgIpc) is 2.94. The van der Waals surface area contributed by atoms with Gasteiger partial charge in [0.05, 0.1) is 22.2 Å². The fourth-order valence-electron chi connectivity index (χ4n) is 3.08. The number of hydrogen-bond donors (Lipinski definition) is 1. The van der Waals surface area contributed by atoms with Crippen molar-refractivity contribution in [3.05, 3.63) is 52.9 Å². The molecule has 24 heavy (non-hydrogen) atoms. The Bertz CT molecular complexity index is 669. The Morgan fingerprint density at radius 1 is 1.17 bits per heavy atom. The van der Waals surface area contributed by atoms with Crippen LogP contribution in [0.3, 0.4) is 0 Å². The van der Waals surface area contributed by atoms with E-state index < -0.39 is 10.8 Å². The van der Waals surface area contributed by atoms with Crippen LogP contribution in [0.1, 0.15) is 36.2 Å².